The first-order valence-corrected chi connectivity index (χ1v) is 22.8. The summed E-state index contributed by atoms with van der Waals surface area (Å²) in [5, 5.41) is 4.50. The first kappa shape index (κ1) is 39.1. The van der Waals surface area contributed by atoms with Crippen LogP contribution in [0.1, 0.15) is 0 Å². The van der Waals surface area contributed by atoms with E-state index in [4.69, 9.17) is 24.9 Å². The summed E-state index contributed by atoms with van der Waals surface area (Å²) in [5.41, 5.74) is 13.9. The highest BCUT2D eigenvalue weighted by molar-refractivity contribution is 6.29. The summed E-state index contributed by atoms with van der Waals surface area (Å²) in [5.74, 6) is 2.42. The SMILES string of the molecule is c1ccc(-c2cc(-c3ccccc3-c3ccccc3)nc(-c3ccccc3-n3c4ccccc4c4c5c6ccccc6n(-c6nc(-c7ccccc7)nc(-c7ccccc7)n6)c5ccc43)n2)cc1. The van der Waals surface area contributed by atoms with Crippen LogP contribution in [-0.4, -0.2) is 34.1 Å². The van der Waals surface area contributed by atoms with Crippen molar-refractivity contribution in [2.75, 3.05) is 0 Å². The summed E-state index contributed by atoms with van der Waals surface area (Å²) in [6.45, 7) is 0. The maximum atomic E-state index is 5.46. The molecule has 0 aliphatic rings. The lowest BCUT2D eigenvalue weighted by Gasteiger charge is -2.16. The van der Waals surface area contributed by atoms with E-state index in [-0.39, 0.29) is 0 Å². The van der Waals surface area contributed by atoms with E-state index in [0.29, 0.717) is 23.4 Å². The van der Waals surface area contributed by atoms with Gasteiger partial charge in [0.25, 0.3) is 0 Å². The summed E-state index contributed by atoms with van der Waals surface area (Å²) >= 11 is 0. The van der Waals surface area contributed by atoms with Gasteiger partial charge in [0.15, 0.2) is 17.5 Å². The van der Waals surface area contributed by atoms with Crippen LogP contribution in [0.4, 0.5) is 0 Å². The van der Waals surface area contributed by atoms with Gasteiger partial charge in [0, 0.05) is 49.4 Å². The molecule has 13 aromatic rings. The van der Waals surface area contributed by atoms with E-state index >= 15 is 0 Å². The van der Waals surface area contributed by atoms with Crippen LogP contribution in [0.5, 0.6) is 0 Å². The summed E-state index contributed by atoms with van der Waals surface area (Å²) in [6.07, 6.45) is 0. The number of aromatic nitrogens is 7. The summed E-state index contributed by atoms with van der Waals surface area (Å²) < 4.78 is 4.58. The van der Waals surface area contributed by atoms with Gasteiger partial charge in [0.2, 0.25) is 5.95 Å². The summed E-state index contributed by atoms with van der Waals surface area (Å²) in [7, 11) is 0. The van der Waals surface area contributed by atoms with E-state index in [9.17, 15) is 0 Å². The Morgan fingerprint density at radius 1 is 0.265 bits per heavy atom. The van der Waals surface area contributed by atoms with Gasteiger partial charge in [-0.2, -0.15) is 9.97 Å². The Morgan fingerprint density at radius 2 is 0.706 bits per heavy atom. The van der Waals surface area contributed by atoms with Crippen molar-refractivity contribution in [3.8, 4) is 79.4 Å². The molecule has 0 saturated heterocycles. The van der Waals surface area contributed by atoms with E-state index in [1.807, 2.05) is 66.7 Å². The minimum absolute atomic E-state index is 0.553. The fourth-order valence-electron chi connectivity index (χ4n) is 9.79. The van der Waals surface area contributed by atoms with Gasteiger partial charge in [-0.25, -0.2) is 15.0 Å². The lowest BCUT2D eigenvalue weighted by molar-refractivity contribution is 0.953. The molecule has 0 atom stereocenters. The van der Waals surface area contributed by atoms with Gasteiger partial charge in [0.05, 0.1) is 39.1 Å². The maximum Gasteiger partial charge on any atom is 0.238 e. The van der Waals surface area contributed by atoms with Crippen LogP contribution in [0.25, 0.3) is 123 Å². The number of fused-ring (bicyclic) bond motifs is 7. The van der Waals surface area contributed by atoms with Crippen LogP contribution in [0.15, 0.2) is 237 Å². The van der Waals surface area contributed by atoms with Gasteiger partial charge in [-0.05, 0) is 53.6 Å². The molecule has 7 nitrogen and oxygen atoms in total. The summed E-state index contributed by atoms with van der Waals surface area (Å²) in [4.78, 5) is 26.3. The third-order valence-corrected chi connectivity index (χ3v) is 12.8. The van der Waals surface area contributed by atoms with E-state index < -0.39 is 0 Å². The molecule has 0 saturated carbocycles. The molecular formula is C61H39N7. The molecule has 0 radical (unpaired) electrons. The molecule has 4 aromatic heterocycles. The van der Waals surface area contributed by atoms with E-state index in [2.05, 4.69) is 179 Å². The largest absolute Gasteiger partial charge is 0.308 e. The average Bonchev–Trinajstić information content (AvgIpc) is 3.94. The van der Waals surface area contributed by atoms with Gasteiger partial charge >= 0.3 is 0 Å². The molecule has 13 rings (SSSR count). The van der Waals surface area contributed by atoms with Gasteiger partial charge in [-0.1, -0.05) is 194 Å². The molecular weight excluding hydrogens is 831 g/mol. The third kappa shape index (κ3) is 6.56. The molecule has 0 aliphatic carbocycles. The van der Waals surface area contributed by atoms with Crippen molar-refractivity contribution in [3.63, 3.8) is 0 Å². The Bertz CT molecular complexity index is 3950. The Kier molecular flexibility index (Phi) is 9.35. The van der Waals surface area contributed by atoms with Crippen LogP contribution in [-0.2, 0) is 0 Å². The molecule has 9 aromatic carbocycles. The Labute approximate surface area is 392 Å². The van der Waals surface area contributed by atoms with Crippen molar-refractivity contribution < 1.29 is 0 Å². The van der Waals surface area contributed by atoms with Gasteiger partial charge < -0.3 is 4.57 Å². The highest BCUT2D eigenvalue weighted by Crippen LogP contribution is 2.44. The fourth-order valence-corrected chi connectivity index (χ4v) is 9.79. The number of benzene rings is 9. The lowest BCUT2D eigenvalue weighted by Crippen LogP contribution is -2.06. The smallest absolute Gasteiger partial charge is 0.238 e. The fraction of sp³-hybridized carbons (Fsp3) is 0. The Hall–Kier alpha value is -9.33. The quantitative estimate of drug-likeness (QED) is 0.152. The molecule has 0 bridgehead atoms. The molecule has 0 N–H and O–H groups in total. The highest BCUT2D eigenvalue weighted by atomic mass is 15.2. The van der Waals surface area contributed by atoms with Gasteiger partial charge in [0.1, 0.15) is 0 Å². The normalized spacial score (nSPS) is 11.5. The van der Waals surface area contributed by atoms with Gasteiger partial charge in [-0.15, -0.1) is 0 Å². The van der Waals surface area contributed by atoms with E-state index in [0.717, 1.165) is 99.6 Å². The van der Waals surface area contributed by atoms with Crippen LogP contribution in [0.2, 0.25) is 0 Å². The molecule has 7 heteroatoms. The van der Waals surface area contributed by atoms with Crippen molar-refractivity contribution in [2.45, 2.75) is 0 Å². The van der Waals surface area contributed by atoms with E-state index in [1.165, 1.54) is 0 Å². The topological polar surface area (TPSA) is 74.3 Å². The van der Waals surface area contributed by atoms with Crippen LogP contribution in [0, 0.1) is 0 Å². The van der Waals surface area contributed by atoms with Crippen molar-refractivity contribution in [1.82, 2.24) is 34.1 Å². The monoisotopic (exact) mass is 869 g/mol. The van der Waals surface area contributed by atoms with Crippen LogP contribution < -0.4 is 0 Å². The summed E-state index contributed by atoms with van der Waals surface area (Å²) in [6, 6.07) is 82.0. The van der Waals surface area contributed by atoms with Crippen LogP contribution >= 0.6 is 0 Å². The van der Waals surface area contributed by atoms with Crippen molar-refractivity contribution in [2.24, 2.45) is 0 Å². The standard InChI is InChI=1S/C61H39N7/c1-5-21-40(22-6-1)44-29-13-14-30-45(44)50-39-49(41-23-7-2-8-24-41)62-60(63-50)48-33-17-20-36-53(48)67-51-34-18-15-31-46(51)56-54(67)37-38-55-57(56)47-32-16-19-35-52(47)68(55)61-65-58(42-25-9-3-10-26-42)64-59(66-61)43-27-11-4-12-28-43/h1-39H. The molecule has 0 fully saturated rings. The predicted octanol–water partition coefficient (Wildman–Crippen LogP) is 14.9. The molecule has 4 heterocycles. The second-order valence-corrected chi connectivity index (χ2v) is 16.8. The zero-order valence-corrected chi connectivity index (χ0v) is 36.6. The number of rotatable bonds is 8. The van der Waals surface area contributed by atoms with Crippen molar-refractivity contribution >= 4 is 43.6 Å². The zero-order chi connectivity index (χ0) is 45.0. The Morgan fingerprint density at radius 3 is 1.31 bits per heavy atom. The molecule has 0 amide bonds. The number of nitrogens with zero attached hydrogens (tertiary/aromatic N) is 7. The molecule has 68 heavy (non-hydrogen) atoms. The highest BCUT2D eigenvalue weighted by Gasteiger charge is 2.24. The van der Waals surface area contributed by atoms with Gasteiger partial charge in [-0.3, -0.25) is 4.57 Å². The second kappa shape index (κ2) is 16.3. The predicted molar refractivity (Wildman–Crippen MR) is 277 cm³/mol. The lowest BCUT2D eigenvalue weighted by atomic mass is 9.96. The number of para-hydroxylation sites is 3. The molecule has 0 spiro atoms. The third-order valence-electron chi connectivity index (χ3n) is 12.8. The Balaban J connectivity index is 1.06. The second-order valence-electron chi connectivity index (χ2n) is 16.8. The van der Waals surface area contributed by atoms with Crippen molar-refractivity contribution in [1.29, 1.82) is 0 Å². The van der Waals surface area contributed by atoms with E-state index in [1.54, 1.807) is 0 Å². The number of hydrogen-bond donors (Lipinski definition) is 0. The first-order chi connectivity index (χ1) is 33.7. The zero-order valence-electron chi connectivity index (χ0n) is 36.6. The molecule has 318 valence electrons. The molecule has 0 unspecified atom stereocenters. The number of hydrogen-bond acceptors (Lipinski definition) is 5. The van der Waals surface area contributed by atoms with Crippen LogP contribution in [0.3, 0.4) is 0 Å². The molecule has 0 aliphatic heterocycles. The average molecular weight is 870 g/mol. The van der Waals surface area contributed by atoms with Crippen molar-refractivity contribution in [3.05, 3.63) is 237 Å². The maximum absolute atomic E-state index is 5.46. The minimum atomic E-state index is 0.553. The first-order valence-electron chi connectivity index (χ1n) is 22.8. The minimum Gasteiger partial charge on any atom is -0.308 e.